The fourth-order valence-electron chi connectivity index (χ4n) is 1.63. The van der Waals surface area contributed by atoms with Crippen LogP contribution in [0.25, 0.3) is 0 Å². The molecule has 91 valence electrons. The van der Waals surface area contributed by atoms with E-state index in [0.29, 0.717) is 17.1 Å². The van der Waals surface area contributed by atoms with E-state index in [-0.39, 0.29) is 12.1 Å². The van der Waals surface area contributed by atoms with Gasteiger partial charge in [0.1, 0.15) is 23.6 Å². The molecule has 0 aliphatic carbocycles. The standard InChI is InChI=1S/C15H10N3O/c16-8-11-2-1-3-14(6-11)19-15-5-4-12(9-17)13(7-15)10-18/h1-7,16H,8H2. The molecule has 1 N–H and O–H groups in total. The molecule has 2 rings (SSSR count). The lowest BCUT2D eigenvalue weighted by Crippen LogP contribution is -1.90. The number of nitriles is 2. The lowest BCUT2D eigenvalue weighted by atomic mass is 10.1. The first kappa shape index (κ1) is 12.6. The van der Waals surface area contributed by atoms with E-state index in [0.717, 1.165) is 5.56 Å². The van der Waals surface area contributed by atoms with Crippen LogP contribution in [0.2, 0.25) is 0 Å². The summed E-state index contributed by atoms with van der Waals surface area (Å²) in [5.74, 6) is 1.11. The molecule has 0 aromatic heterocycles. The van der Waals surface area contributed by atoms with Crippen molar-refractivity contribution in [3.63, 3.8) is 0 Å². The van der Waals surface area contributed by atoms with Crippen molar-refractivity contribution in [2.75, 3.05) is 0 Å². The van der Waals surface area contributed by atoms with Crippen molar-refractivity contribution in [3.8, 4) is 23.6 Å². The first-order valence-corrected chi connectivity index (χ1v) is 5.62. The van der Waals surface area contributed by atoms with Gasteiger partial charge in [-0.3, -0.25) is 5.73 Å². The molecule has 0 saturated heterocycles. The van der Waals surface area contributed by atoms with Gasteiger partial charge in [0.05, 0.1) is 11.1 Å². The van der Waals surface area contributed by atoms with Gasteiger partial charge in [0, 0.05) is 6.54 Å². The van der Waals surface area contributed by atoms with Gasteiger partial charge in [-0.05, 0) is 35.9 Å². The third kappa shape index (κ3) is 2.90. The summed E-state index contributed by atoms with van der Waals surface area (Å²) in [7, 11) is 0. The van der Waals surface area contributed by atoms with Crippen molar-refractivity contribution < 1.29 is 4.74 Å². The molecule has 19 heavy (non-hydrogen) atoms. The van der Waals surface area contributed by atoms with E-state index in [1.54, 1.807) is 24.3 Å². The van der Waals surface area contributed by atoms with Crippen LogP contribution in [0.1, 0.15) is 16.7 Å². The second kappa shape index (κ2) is 5.68. The van der Waals surface area contributed by atoms with Crippen LogP contribution in [0, 0.1) is 22.7 Å². The average molecular weight is 248 g/mol. The Morgan fingerprint density at radius 1 is 0.947 bits per heavy atom. The number of benzene rings is 2. The van der Waals surface area contributed by atoms with Gasteiger partial charge in [-0.15, -0.1) is 0 Å². The molecule has 2 aromatic rings. The number of nitrogens with zero attached hydrogens (tertiary/aromatic N) is 2. The molecule has 4 nitrogen and oxygen atoms in total. The van der Waals surface area contributed by atoms with Crippen molar-refractivity contribution in [1.29, 1.82) is 10.5 Å². The second-order valence-corrected chi connectivity index (χ2v) is 3.86. The van der Waals surface area contributed by atoms with Crippen LogP contribution in [-0.4, -0.2) is 0 Å². The minimum Gasteiger partial charge on any atom is -0.457 e. The van der Waals surface area contributed by atoms with Gasteiger partial charge in [0.15, 0.2) is 0 Å². The van der Waals surface area contributed by atoms with E-state index in [1.165, 1.54) is 6.07 Å². The Hall–Kier alpha value is -2.82. The lowest BCUT2D eigenvalue weighted by molar-refractivity contribution is 0.481. The van der Waals surface area contributed by atoms with E-state index in [2.05, 4.69) is 0 Å². The van der Waals surface area contributed by atoms with Crippen molar-refractivity contribution in [2.45, 2.75) is 6.54 Å². The molecule has 0 heterocycles. The maximum atomic E-state index is 8.94. The molecule has 0 spiro atoms. The first-order chi connectivity index (χ1) is 9.26. The van der Waals surface area contributed by atoms with Crippen LogP contribution in [0.5, 0.6) is 11.5 Å². The summed E-state index contributed by atoms with van der Waals surface area (Å²) in [6.45, 7) is 0.189. The van der Waals surface area contributed by atoms with Crippen molar-refractivity contribution >= 4 is 0 Å². The van der Waals surface area contributed by atoms with Crippen LogP contribution in [-0.2, 0) is 6.54 Å². The van der Waals surface area contributed by atoms with Gasteiger partial charge in [0.25, 0.3) is 0 Å². The van der Waals surface area contributed by atoms with Gasteiger partial charge < -0.3 is 4.74 Å². The molecule has 4 heteroatoms. The summed E-state index contributed by atoms with van der Waals surface area (Å²) >= 11 is 0. The highest BCUT2D eigenvalue weighted by atomic mass is 16.5. The zero-order chi connectivity index (χ0) is 13.7. The normalized spacial score (nSPS) is 9.42. The maximum absolute atomic E-state index is 8.94. The highest BCUT2D eigenvalue weighted by Crippen LogP contribution is 2.24. The molecule has 0 saturated carbocycles. The van der Waals surface area contributed by atoms with Gasteiger partial charge in [0.2, 0.25) is 0 Å². The van der Waals surface area contributed by atoms with E-state index in [9.17, 15) is 0 Å². The predicted octanol–water partition coefficient (Wildman–Crippen LogP) is 3.01. The highest BCUT2D eigenvalue weighted by Gasteiger charge is 2.05. The minimum atomic E-state index is 0.189. The average Bonchev–Trinajstić information content (AvgIpc) is 2.47. The number of hydrogen-bond donors (Lipinski definition) is 0. The molecule has 0 atom stereocenters. The summed E-state index contributed by atoms with van der Waals surface area (Å²) in [5, 5.41) is 17.8. The molecule has 0 unspecified atom stereocenters. The summed E-state index contributed by atoms with van der Waals surface area (Å²) in [5.41, 5.74) is 8.77. The van der Waals surface area contributed by atoms with Crippen LogP contribution >= 0.6 is 0 Å². The van der Waals surface area contributed by atoms with E-state index in [1.807, 2.05) is 24.3 Å². The van der Waals surface area contributed by atoms with Crippen LogP contribution in [0.3, 0.4) is 0 Å². The Morgan fingerprint density at radius 3 is 2.37 bits per heavy atom. The largest absolute Gasteiger partial charge is 0.457 e. The predicted molar refractivity (Wildman–Crippen MR) is 69.2 cm³/mol. The molecular weight excluding hydrogens is 238 g/mol. The minimum absolute atomic E-state index is 0.189. The van der Waals surface area contributed by atoms with Gasteiger partial charge >= 0.3 is 0 Å². The summed E-state index contributed by atoms with van der Waals surface area (Å²) in [4.78, 5) is 0. The molecule has 0 fully saturated rings. The fourth-order valence-corrected chi connectivity index (χ4v) is 1.63. The smallest absolute Gasteiger partial charge is 0.128 e. The zero-order valence-corrected chi connectivity index (χ0v) is 10.1. The van der Waals surface area contributed by atoms with Crippen LogP contribution in [0.4, 0.5) is 0 Å². The highest BCUT2D eigenvalue weighted by molar-refractivity contribution is 5.50. The van der Waals surface area contributed by atoms with E-state index in [4.69, 9.17) is 21.0 Å². The summed E-state index contributed by atoms with van der Waals surface area (Å²) < 4.78 is 5.62. The Morgan fingerprint density at radius 2 is 1.68 bits per heavy atom. The maximum Gasteiger partial charge on any atom is 0.128 e. The third-order valence-electron chi connectivity index (χ3n) is 2.57. The lowest BCUT2D eigenvalue weighted by Gasteiger charge is -2.07. The Balaban J connectivity index is 2.29. The van der Waals surface area contributed by atoms with Crippen molar-refractivity contribution in [3.05, 3.63) is 59.2 Å². The molecule has 0 aliphatic heterocycles. The van der Waals surface area contributed by atoms with Gasteiger partial charge in [-0.25, -0.2) is 0 Å². The first-order valence-electron chi connectivity index (χ1n) is 5.62. The molecule has 2 aromatic carbocycles. The van der Waals surface area contributed by atoms with E-state index < -0.39 is 0 Å². The second-order valence-electron chi connectivity index (χ2n) is 3.86. The topological polar surface area (TPSA) is 80.6 Å². The number of nitrogens with one attached hydrogen (secondary N) is 1. The number of hydrogen-bond acceptors (Lipinski definition) is 3. The molecule has 0 aliphatic rings. The molecular formula is C15H10N3O. The molecule has 0 bridgehead atoms. The number of ether oxygens (including phenoxy) is 1. The zero-order valence-electron chi connectivity index (χ0n) is 10.1. The van der Waals surface area contributed by atoms with Crippen molar-refractivity contribution in [2.24, 2.45) is 0 Å². The Kier molecular flexibility index (Phi) is 3.78. The monoisotopic (exact) mass is 248 g/mol. The van der Waals surface area contributed by atoms with Crippen molar-refractivity contribution in [1.82, 2.24) is 5.73 Å². The SMILES string of the molecule is N#Cc1ccc(Oc2cccc(C[NH])c2)cc1C#N. The summed E-state index contributed by atoms with van der Waals surface area (Å²) in [6, 6.07) is 15.9. The van der Waals surface area contributed by atoms with Crippen LogP contribution in [0.15, 0.2) is 42.5 Å². The third-order valence-corrected chi connectivity index (χ3v) is 2.57. The molecule has 1 radical (unpaired) electrons. The van der Waals surface area contributed by atoms with Gasteiger partial charge in [-0.2, -0.15) is 10.5 Å². The quantitative estimate of drug-likeness (QED) is 0.837. The Bertz CT molecular complexity index is 681. The molecule has 0 amide bonds. The van der Waals surface area contributed by atoms with E-state index >= 15 is 0 Å². The summed E-state index contributed by atoms with van der Waals surface area (Å²) in [6.07, 6.45) is 0. The van der Waals surface area contributed by atoms with Crippen LogP contribution < -0.4 is 10.5 Å². The van der Waals surface area contributed by atoms with Gasteiger partial charge in [-0.1, -0.05) is 12.1 Å². The Labute approximate surface area is 111 Å². The fraction of sp³-hybridized carbons (Fsp3) is 0.0667. The number of rotatable bonds is 3.